The minimum Gasteiger partial charge on any atom is -0.474 e. The van der Waals surface area contributed by atoms with Gasteiger partial charge in [-0.05, 0) is 6.07 Å². The largest absolute Gasteiger partial charge is 0.474 e. The second kappa shape index (κ2) is 5.94. The van der Waals surface area contributed by atoms with E-state index in [4.69, 9.17) is 9.47 Å². The summed E-state index contributed by atoms with van der Waals surface area (Å²) in [5.41, 5.74) is 1.21. The highest BCUT2D eigenvalue weighted by molar-refractivity contribution is 5.12. The molecule has 0 aliphatic carbocycles. The predicted octanol–water partition coefficient (Wildman–Crippen LogP) is 1.63. The standard InChI is InChI=1S/C17H22N4O2/c1-20-10-14(9-19-20)11-21-12-17(13-21)8-15(5-7-22-17)23-16-4-2-3-6-18-16/h2-4,6,9-10,15H,5,7-8,11-13H2,1H3/t15-/m1/s1. The Bertz CT molecular complexity index is 652. The van der Waals surface area contributed by atoms with Gasteiger partial charge in [0.15, 0.2) is 0 Å². The molecule has 0 bridgehead atoms. The molecule has 2 fully saturated rings. The molecular formula is C17H22N4O2. The van der Waals surface area contributed by atoms with Gasteiger partial charge in [-0.15, -0.1) is 0 Å². The quantitative estimate of drug-likeness (QED) is 0.858. The van der Waals surface area contributed by atoms with Crippen LogP contribution in [-0.4, -0.2) is 51.1 Å². The average Bonchev–Trinajstić information content (AvgIpc) is 2.92. The van der Waals surface area contributed by atoms with E-state index in [-0.39, 0.29) is 11.7 Å². The maximum atomic E-state index is 6.08. The van der Waals surface area contributed by atoms with Gasteiger partial charge in [-0.3, -0.25) is 9.58 Å². The first kappa shape index (κ1) is 14.7. The van der Waals surface area contributed by atoms with Gasteiger partial charge in [-0.25, -0.2) is 4.98 Å². The Labute approximate surface area is 136 Å². The van der Waals surface area contributed by atoms with Crippen molar-refractivity contribution in [2.24, 2.45) is 7.05 Å². The van der Waals surface area contributed by atoms with Crippen LogP contribution < -0.4 is 4.74 Å². The third kappa shape index (κ3) is 3.23. The van der Waals surface area contributed by atoms with Crippen LogP contribution in [0.25, 0.3) is 0 Å². The molecule has 2 aliphatic rings. The van der Waals surface area contributed by atoms with Crippen LogP contribution in [0.15, 0.2) is 36.8 Å². The highest BCUT2D eigenvalue weighted by Gasteiger charge is 2.48. The highest BCUT2D eigenvalue weighted by Crippen LogP contribution is 2.36. The zero-order chi connectivity index (χ0) is 15.7. The topological polar surface area (TPSA) is 52.4 Å². The smallest absolute Gasteiger partial charge is 0.213 e. The van der Waals surface area contributed by atoms with Crippen molar-refractivity contribution in [2.45, 2.75) is 31.1 Å². The van der Waals surface area contributed by atoms with Crippen LogP contribution in [0, 0.1) is 0 Å². The van der Waals surface area contributed by atoms with E-state index in [1.54, 1.807) is 6.20 Å². The normalized spacial score (nSPS) is 23.6. The Kier molecular flexibility index (Phi) is 3.79. The summed E-state index contributed by atoms with van der Waals surface area (Å²) in [5.74, 6) is 0.709. The summed E-state index contributed by atoms with van der Waals surface area (Å²) < 4.78 is 13.9. The Morgan fingerprint density at radius 1 is 1.39 bits per heavy atom. The van der Waals surface area contributed by atoms with Gasteiger partial charge in [0.25, 0.3) is 0 Å². The minimum atomic E-state index is -0.0418. The number of hydrogen-bond acceptors (Lipinski definition) is 5. The lowest BCUT2D eigenvalue weighted by Crippen LogP contribution is -2.65. The number of rotatable bonds is 4. The lowest BCUT2D eigenvalue weighted by molar-refractivity contribution is -0.188. The second-order valence-electron chi connectivity index (χ2n) is 6.60. The maximum absolute atomic E-state index is 6.08. The van der Waals surface area contributed by atoms with E-state index < -0.39 is 0 Å². The number of pyridine rings is 1. The lowest BCUT2D eigenvalue weighted by atomic mass is 9.84. The highest BCUT2D eigenvalue weighted by atomic mass is 16.5. The van der Waals surface area contributed by atoms with E-state index in [1.807, 2.05) is 36.1 Å². The molecule has 4 heterocycles. The summed E-state index contributed by atoms with van der Waals surface area (Å²) in [5, 5.41) is 4.22. The number of ether oxygens (including phenoxy) is 2. The van der Waals surface area contributed by atoms with E-state index in [0.717, 1.165) is 39.1 Å². The van der Waals surface area contributed by atoms with Crippen LogP contribution in [0.5, 0.6) is 5.88 Å². The fourth-order valence-electron chi connectivity index (χ4n) is 3.58. The molecule has 0 unspecified atom stereocenters. The van der Waals surface area contributed by atoms with Gasteiger partial charge in [0.1, 0.15) is 6.10 Å². The van der Waals surface area contributed by atoms with Crippen LogP contribution in [-0.2, 0) is 18.3 Å². The number of aromatic nitrogens is 3. The number of likely N-dealkylation sites (tertiary alicyclic amines) is 1. The molecule has 2 aromatic rings. The Balaban J connectivity index is 1.32. The fourth-order valence-corrected chi connectivity index (χ4v) is 3.58. The van der Waals surface area contributed by atoms with Gasteiger partial charge in [-0.2, -0.15) is 5.10 Å². The molecular weight excluding hydrogens is 292 g/mol. The van der Waals surface area contributed by atoms with Crippen LogP contribution in [0.3, 0.4) is 0 Å². The molecule has 0 N–H and O–H groups in total. The molecule has 122 valence electrons. The third-order valence-electron chi connectivity index (χ3n) is 4.56. The van der Waals surface area contributed by atoms with Crippen molar-refractivity contribution < 1.29 is 9.47 Å². The van der Waals surface area contributed by atoms with E-state index in [9.17, 15) is 0 Å². The van der Waals surface area contributed by atoms with Crippen molar-refractivity contribution in [2.75, 3.05) is 19.7 Å². The van der Waals surface area contributed by atoms with E-state index in [0.29, 0.717) is 5.88 Å². The SMILES string of the molecule is Cn1cc(CN2CC3(C[C@H](Oc4ccccn4)CCO3)C2)cn1. The summed E-state index contributed by atoms with van der Waals surface area (Å²) in [6.45, 7) is 3.62. The molecule has 1 spiro atoms. The van der Waals surface area contributed by atoms with Crippen molar-refractivity contribution >= 4 is 0 Å². The average molecular weight is 314 g/mol. The van der Waals surface area contributed by atoms with Gasteiger partial charge in [-0.1, -0.05) is 6.07 Å². The summed E-state index contributed by atoms with van der Waals surface area (Å²) in [6, 6.07) is 5.77. The first-order valence-corrected chi connectivity index (χ1v) is 8.12. The number of aryl methyl sites for hydroxylation is 1. The van der Waals surface area contributed by atoms with Crippen molar-refractivity contribution in [3.63, 3.8) is 0 Å². The third-order valence-corrected chi connectivity index (χ3v) is 4.56. The van der Waals surface area contributed by atoms with Gasteiger partial charge < -0.3 is 9.47 Å². The van der Waals surface area contributed by atoms with Crippen molar-refractivity contribution in [3.8, 4) is 5.88 Å². The molecule has 0 saturated carbocycles. The first-order chi connectivity index (χ1) is 11.2. The predicted molar refractivity (Wildman–Crippen MR) is 85.1 cm³/mol. The van der Waals surface area contributed by atoms with Gasteiger partial charge in [0.05, 0.1) is 18.4 Å². The molecule has 0 aromatic carbocycles. The summed E-state index contributed by atoms with van der Waals surface area (Å²) in [6.07, 6.45) is 7.83. The van der Waals surface area contributed by atoms with E-state index >= 15 is 0 Å². The molecule has 4 rings (SSSR count). The summed E-state index contributed by atoms with van der Waals surface area (Å²) >= 11 is 0. The first-order valence-electron chi connectivity index (χ1n) is 8.12. The molecule has 2 aliphatic heterocycles. The maximum Gasteiger partial charge on any atom is 0.213 e. The van der Waals surface area contributed by atoms with Crippen molar-refractivity contribution in [3.05, 3.63) is 42.4 Å². The van der Waals surface area contributed by atoms with E-state index in [1.165, 1.54) is 5.56 Å². The zero-order valence-corrected chi connectivity index (χ0v) is 13.4. The lowest BCUT2D eigenvalue weighted by Gasteiger charge is -2.53. The van der Waals surface area contributed by atoms with E-state index in [2.05, 4.69) is 21.2 Å². The van der Waals surface area contributed by atoms with Crippen LogP contribution in [0.2, 0.25) is 0 Å². The zero-order valence-electron chi connectivity index (χ0n) is 13.4. The molecule has 2 saturated heterocycles. The molecule has 2 aromatic heterocycles. The minimum absolute atomic E-state index is 0.0418. The molecule has 0 amide bonds. The molecule has 6 nitrogen and oxygen atoms in total. The molecule has 6 heteroatoms. The Morgan fingerprint density at radius 2 is 2.30 bits per heavy atom. The molecule has 0 radical (unpaired) electrons. The van der Waals surface area contributed by atoms with Gasteiger partial charge in [0, 0.05) is 63.5 Å². The Morgan fingerprint density at radius 3 is 3.04 bits per heavy atom. The van der Waals surface area contributed by atoms with Crippen molar-refractivity contribution in [1.82, 2.24) is 19.7 Å². The van der Waals surface area contributed by atoms with Crippen LogP contribution in [0.1, 0.15) is 18.4 Å². The molecule has 23 heavy (non-hydrogen) atoms. The van der Waals surface area contributed by atoms with Crippen LogP contribution >= 0.6 is 0 Å². The van der Waals surface area contributed by atoms with Crippen molar-refractivity contribution in [1.29, 1.82) is 0 Å². The van der Waals surface area contributed by atoms with Crippen LogP contribution in [0.4, 0.5) is 0 Å². The second-order valence-corrected chi connectivity index (χ2v) is 6.60. The Hall–Kier alpha value is -1.92. The fraction of sp³-hybridized carbons (Fsp3) is 0.529. The summed E-state index contributed by atoms with van der Waals surface area (Å²) in [4.78, 5) is 6.66. The monoisotopic (exact) mass is 314 g/mol. The number of hydrogen-bond donors (Lipinski definition) is 0. The summed E-state index contributed by atoms with van der Waals surface area (Å²) in [7, 11) is 1.95. The number of nitrogens with zero attached hydrogens (tertiary/aromatic N) is 4. The van der Waals surface area contributed by atoms with Gasteiger partial charge >= 0.3 is 0 Å². The molecule has 1 atom stereocenters. The van der Waals surface area contributed by atoms with Gasteiger partial charge in [0.2, 0.25) is 5.88 Å².